The summed E-state index contributed by atoms with van der Waals surface area (Å²) in [5, 5.41) is 12.6. The van der Waals surface area contributed by atoms with Crippen LogP contribution >= 0.6 is 0 Å². The van der Waals surface area contributed by atoms with E-state index in [0.29, 0.717) is 30.4 Å². The smallest absolute Gasteiger partial charge is 0.259 e. The van der Waals surface area contributed by atoms with Crippen LogP contribution in [0.2, 0.25) is 0 Å². The van der Waals surface area contributed by atoms with Gasteiger partial charge in [0.2, 0.25) is 11.8 Å². The minimum Gasteiger partial charge on any atom is -0.424 e. The molecule has 7 nitrogen and oxygen atoms in total. The highest BCUT2D eigenvalue weighted by molar-refractivity contribution is 5.95. The molecule has 0 aromatic carbocycles. The maximum atomic E-state index is 13.0. The summed E-state index contributed by atoms with van der Waals surface area (Å²) < 4.78 is 11.1. The zero-order valence-corrected chi connectivity index (χ0v) is 14.4. The lowest BCUT2D eigenvalue weighted by molar-refractivity contribution is 0.0774. The molecule has 0 radical (unpaired) electrons. The number of carbonyl (C=O) groups excluding carboxylic acids is 1. The van der Waals surface area contributed by atoms with Gasteiger partial charge in [-0.1, -0.05) is 18.5 Å². The Hall–Kier alpha value is -2.18. The van der Waals surface area contributed by atoms with Gasteiger partial charge in [-0.3, -0.25) is 4.79 Å². The minimum atomic E-state index is -0.167. The van der Waals surface area contributed by atoms with Crippen molar-refractivity contribution >= 4 is 5.91 Å². The van der Waals surface area contributed by atoms with Crippen molar-refractivity contribution < 1.29 is 13.7 Å². The molecule has 0 bridgehead atoms. The van der Waals surface area contributed by atoms with E-state index in [1.165, 1.54) is 6.26 Å². The topological polar surface area (TPSA) is 85.3 Å². The van der Waals surface area contributed by atoms with Crippen molar-refractivity contribution in [1.82, 2.24) is 20.3 Å². The van der Waals surface area contributed by atoms with Gasteiger partial charge in [0.05, 0.1) is 11.1 Å². The number of carbonyl (C=O) groups is 1. The van der Waals surface area contributed by atoms with Crippen molar-refractivity contribution in [3.05, 3.63) is 29.3 Å². The SMILES string of the molecule is CCc1nocc1C(=O)N1C[C@@H]2CCC[C@]2(c2nnc(C3CC3)o2)C1. The molecule has 3 heterocycles. The second-order valence-electron chi connectivity index (χ2n) is 7.68. The summed E-state index contributed by atoms with van der Waals surface area (Å²) in [6.07, 6.45) is 7.73. The van der Waals surface area contributed by atoms with Gasteiger partial charge < -0.3 is 13.8 Å². The molecule has 132 valence electrons. The molecule has 0 N–H and O–H groups in total. The maximum Gasteiger partial charge on any atom is 0.259 e. The standard InChI is InChI=1S/C18H22N4O3/c1-2-14-13(9-24-21-14)16(23)22-8-12-4-3-7-18(12,10-22)17-20-19-15(25-17)11-5-6-11/h9,11-12H,2-8,10H2,1H3/t12-,18-/m0/s1. The van der Waals surface area contributed by atoms with Gasteiger partial charge in [-0.2, -0.15) is 0 Å². The van der Waals surface area contributed by atoms with Crippen molar-refractivity contribution in [2.45, 2.75) is 56.8 Å². The lowest BCUT2D eigenvalue weighted by Gasteiger charge is -2.24. The number of nitrogens with zero attached hydrogens (tertiary/aromatic N) is 4. The Bertz CT molecular complexity index is 809. The molecule has 1 aliphatic heterocycles. The quantitative estimate of drug-likeness (QED) is 0.849. The number of amides is 1. The molecule has 5 rings (SSSR count). The van der Waals surface area contributed by atoms with Crippen LogP contribution in [-0.2, 0) is 11.8 Å². The highest BCUT2D eigenvalue weighted by Gasteiger charge is 2.55. The highest BCUT2D eigenvalue weighted by atomic mass is 16.5. The molecule has 2 aliphatic carbocycles. The zero-order valence-electron chi connectivity index (χ0n) is 14.4. The monoisotopic (exact) mass is 342 g/mol. The molecule has 0 spiro atoms. The molecular formula is C18H22N4O3. The Balaban J connectivity index is 1.43. The van der Waals surface area contributed by atoms with Crippen molar-refractivity contribution in [3.8, 4) is 0 Å². The Kier molecular flexibility index (Phi) is 3.27. The van der Waals surface area contributed by atoms with E-state index in [4.69, 9.17) is 8.94 Å². The predicted octanol–water partition coefficient (Wildman–Crippen LogP) is 2.69. The summed E-state index contributed by atoms with van der Waals surface area (Å²) >= 11 is 0. The van der Waals surface area contributed by atoms with Crippen LogP contribution < -0.4 is 0 Å². The van der Waals surface area contributed by atoms with Gasteiger partial charge in [-0.15, -0.1) is 10.2 Å². The summed E-state index contributed by atoms with van der Waals surface area (Å²) in [5.41, 5.74) is 1.14. The van der Waals surface area contributed by atoms with Crippen LogP contribution in [0.5, 0.6) is 0 Å². The van der Waals surface area contributed by atoms with E-state index in [1.54, 1.807) is 0 Å². The van der Waals surface area contributed by atoms with Gasteiger partial charge in [0, 0.05) is 19.0 Å². The number of hydrogen-bond acceptors (Lipinski definition) is 6. The Morgan fingerprint density at radius 3 is 3.04 bits per heavy atom. The summed E-state index contributed by atoms with van der Waals surface area (Å²) in [4.78, 5) is 14.9. The fourth-order valence-corrected chi connectivity index (χ4v) is 4.58. The number of fused-ring (bicyclic) bond motifs is 1. The van der Waals surface area contributed by atoms with Crippen LogP contribution in [-0.4, -0.2) is 39.3 Å². The van der Waals surface area contributed by atoms with E-state index in [-0.39, 0.29) is 11.3 Å². The molecule has 3 aliphatic rings. The molecule has 2 saturated carbocycles. The predicted molar refractivity (Wildman–Crippen MR) is 87.1 cm³/mol. The van der Waals surface area contributed by atoms with E-state index in [1.807, 2.05) is 11.8 Å². The first-order valence-corrected chi connectivity index (χ1v) is 9.27. The lowest BCUT2D eigenvalue weighted by Crippen LogP contribution is -2.35. The van der Waals surface area contributed by atoms with E-state index >= 15 is 0 Å². The molecule has 2 aromatic rings. The first-order chi connectivity index (χ1) is 12.2. The Labute approximate surface area is 145 Å². The first kappa shape index (κ1) is 15.1. The van der Waals surface area contributed by atoms with Gasteiger partial charge in [0.1, 0.15) is 11.8 Å². The largest absolute Gasteiger partial charge is 0.424 e. The van der Waals surface area contributed by atoms with Gasteiger partial charge in [0.15, 0.2) is 0 Å². The number of rotatable bonds is 4. The van der Waals surface area contributed by atoms with Crippen LogP contribution in [0.3, 0.4) is 0 Å². The molecule has 3 fully saturated rings. The molecular weight excluding hydrogens is 320 g/mol. The van der Waals surface area contributed by atoms with Crippen molar-refractivity contribution in [3.63, 3.8) is 0 Å². The number of aromatic nitrogens is 3. The second kappa shape index (κ2) is 5.41. The van der Waals surface area contributed by atoms with Crippen molar-refractivity contribution in [2.24, 2.45) is 5.92 Å². The second-order valence-corrected chi connectivity index (χ2v) is 7.68. The van der Waals surface area contributed by atoms with Gasteiger partial charge in [-0.05, 0) is 38.0 Å². The highest BCUT2D eigenvalue weighted by Crippen LogP contribution is 2.51. The minimum absolute atomic E-state index is 0.00815. The number of likely N-dealkylation sites (tertiary alicyclic amines) is 1. The van der Waals surface area contributed by atoms with Crippen LogP contribution in [0.25, 0.3) is 0 Å². The number of aryl methyl sites for hydroxylation is 1. The average Bonchev–Trinajstić information content (AvgIpc) is 3.04. The normalized spacial score (nSPS) is 28.5. The molecule has 2 atom stereocenters. The van der Waals surface area contributed by atoms with Gasteiger partial charge >= 0.3 is 0 Å². The van der Waals surface area contributed by atoms with Gasteiger partial charge in [0.25, 0.3) is 5.91 Å². The van der Waals surface area contributed by atoms with Crippen molar-refractivity contribution in [1.29, 1.82) is 0 Å². The first-order valence-electron chi connectivity index (χ1n) is 9.27. The van der Waals surface area contributed by atoms with Crippen LogP contribution in [0.15, 0.2) is 15.2 Å². The molecule has 7 heteroatoms. The average molecular weight is 342 g/mol. The van der Waals surface area contributed by atoms with E-state index in [9.17, 15) is 4.79 Å². The Morgan fingerprint density at radius 1 is 1.36 bits per heavy atom. The lowest BCUT2D eigenvalue weighted by atomic mass is 9.80. The van der Waals surface area contributed by atoms with Crippen molar-refractivity contribution in [2.75, 3.05) is 13.1 Å². The van der Waals surface area contributed by atoms with E-state index < -0.39 is 0 Å². The van der Waals surface area contributed by atoms with Crippen LogP contribution in [0, 0.1) is 5.92 Å². The molecule has 2 aromatic heterocycles. The zero-order chi connectivity index (χ0) is 17.0. The van der Waals surface area contributed by atoms with Crippen LogP contribution in [0.1, 0.15) is 72.8 Å². The van der Waals surface area contributed by atoms with Crippen LogP contribution in [0.4, 0.5) is 0 Å². The fraction of sp³-hybridized carbons (Fsp3) is 0.667. The summed E-state index contributed by atoms with van der Waals surface area (Å²) in [5.74, 6) is 2.39. The third kappa shape index (κ3) is 2.24. The third-order valence-electron chi connectivity index (χ3n) is 6.16. The number of hydrogen-bond donors (Lipinski definition) is 0. The maximum absolute atomic E-state index is 13.0. The van der Waals surface area contributed by atoms with E-state index in [2.05, 4.69) is 15.4 Å². The Morgan fingerprint density at radius 2 is 2.24 bits per heavy atom. The molecule has 1 saturated heterocycles. The summed E-state index contributed by atoms with van der Waals surface area (Å²) in [6, 6.07) is 0. The third-order valence-corrected chi connectivity index (χ3v) is 6.16. The molecule has 0 unspecified atom stereocenters. The fourth-order valence-electron chi connectivity index (χ4n) is 4.58. The van der Waals surface area contributed by atoms with E-state index in [0.717, 1.165) is 56.1 Å². The summed E-state index contributed by atoms with van der Waals surface area (Å²) in [7, 11) is 0. The summed E-state index contributed by atoms with van der Waals surface area (Å²) in [6.45, 7) is 3.37. The molecule has 1 amide bonds. The van der Waals surface area contributed by atoms with Gasteiger partial charge in [-0.25, -0.2) is 0 Å². The molecule has 25 heavy (non-hydrogen) atoms.